The summed E-state index contributed by atoms with van der Waals surface area (Å²) in [5, 5.41) is 3.11. The van der Waals surface area contributed by atoms with Crippen LogP contribution in [-0.4, -0.2) is 12.7 Å². The molecule has 1 aliphatic rings. The van der Waals surface area contributed by atoms with E-state index in [-0.39, 0.29) is 18.0 Å². The second-order valence-electron chi connectivity index (χ2n) is 4.99. The average Bonchev–Trinajstić information content (AvgIpc) is 3.02. The third-order valence-corrected chi connectivity index (χ3v) is 3.49. The molecule has 0 spiro atoms. The molecular weight excluding hydrogens is 298 g/mol. The minimum atomic E-state index is -0.508. The van der Waals surface area contributed by atoms with Crippen molar-refractivity contribution in [3.8, 4) is 11.5 Å². The largest absolute Gasteiger partial charge is 0.454 e. The van der Waals surface area contributed by atoms with Crippen molar-refractivity contribution >= 4 is 22.6 Å². The number of carbonyl (C=O) groups is 1. The smallest absolute Gasteiger partial charge is 0.291 e. The van der Waals surface area contributed by atoms with Gasteiger partial charge in [0.15, 0.2) is 22.7 Å². The van der Waals surface area contributed by atoms with E-state index in [1.807, 2.05) is 0 Å². The van der Waals surface area contributed by atoms with Crippen molar-refractivity contribution in [2.45, 2.75) is 0 Å². The highest BCUT2D eigenvalue weighted by atomic mass is 16.7. The van der Waals surface area contributed by atoms with Crippen LogP contribution in [0.4, 0.5) is 5.69 Å². The number of ether oxygens (including phenoxy) is 2. The first kappa shape index (κ1) is 13.4. The molecular formula is C17H11NO5. The van der Waals surface area contributed by atoms with E-state index in [1.165, 1.54) is 6.07 Å². The number of fused-ring (bicyclic) bond motifs is 2. The van der Waals surface area contributed by atoms with Crippen molar-refractivity contribution in [1.29, 1.82) is 0 Å². The Labute approximate surface area is 130 Å². The fourth-order valence-electron chi connectivity index (χ4n) is 2.38. The number of rotatable bonds is 2. The molecule has 2 aromatic carbocycles. The maximum absolute atomic E-state index is 12.3. The van der Waals surface area contributed by atoms with Gasteiger partial charge in [0.05, 0.1) is 5.39 Å². The van der Waals surface area contributed by atoms with E-state index in [0.29, 0.717) is 28.2 Å². The van der Waals surface area contributed by atoms with E-state index in [2.05, 4.69) is 5.32 Å². The summed E-state index contributed by atoms with van der Waals surface area (Å²) in [7, 11) is 0. The third-order valence-electron chi connectivity index (χ3n) is 3.49. The van der Waals surface area contributed by atoms with Crippen molar-refractivity contribution in [3.05, 3.63) is 64.5 Å². The molecule has 0 saturated carbocycles. The van der Waals surface area contributed by atoms with Crippen LogP contribution in [0.5, 0.6) is 11.5 Å². The monoisotopic (exact) mass is 309 g/mol. The van der Waals surface area contributed by atoms with Crippen LogP contribution in [-0.2, 0) is 0 Å². The summed E-state index contributed by atoms with van der Waals surface area (Å²) in [5.74, 6) is 0.626. The lowest BCUT2D eigenvalue weighted by Crippen LogP contribution is -2.14. The Hall–Kier alpha value is -3.28. The molecule has 4 rings (SSSR count). The van der Waals surface area contributed by atoms with Crippen LogP contribution in [0.25, 0.3) is 11.0 Å². The van der Waals surface area contributed by atoms with Gasteiger partial charge in [0.1, 0.15) is 5.58 Å². The number of hydrogen-bond acceptors (Lipinski definition) is 5. The lowest BCUT2D eigenvalue weighted by atomic mass is 10.2. The molecule has 1 aliphatic heterocycles. The molecule has 0 aliphatic carbocycles. The van der Waals surface area contributed by atoms with Gasteiger partial charge in [-0.2, -0.15) is 0 Å². The number of amides is 1. The highest BCUT2D eigenvalue weighted by Crippen LogP contribution is 2.34. The van der Waals surface area contributed by atoms with E-state index in [4.69, 9.17) is 13.9 Å². The standard InChI is InChI=1S/C17H11NO5/c19-12-8-16(23-13-4-2-1-3-11(12)13)17(20)18-10-5-6-14-15(7-10)22-9-21-14/h1-8H,9H2,(H,18,20). The van der Waals surface area contributed by atoms with Crippen LogP contribution in [0.1, 0.15) is 10.6 Å². The molecule has 0 bridgehead atoms. The Morgan fingerprint density at radius 3 is 2.74 bits per heavy atom. The molecule has 0 unspecified atom stereocenters. The number of para-hydroxylation sites is 1. The summed E-state index contributed by atoms with van der Waals surface area (Å²) >= 11 is 0. The predicted molar refractivity (Wildman–Crippen MR) is 83.0 cm³/mol. The van der Waals surface area contributed by atoms with E-state index in [0.717, 1.165) is 0 Å². The quantitative estimate of drug-likeness (QED) is 0.787. The normalized spacial score (nSPS) is 12.3. The Kier molecular flexibility index (Phi) is 3.01. The zero-order valence-corrected chi connectivity index (χ0v) is 11.9. The Balaban J connectivity index is 1.65. The minimum absolute atomic E-state index is 0.0497. The number of benzene rings is 2. The summed E-state index contributed by atoms with van der Waals surface area (Å²) in [4.78, 5) is 24.3. The van der Waals surface area contributed by atoms with Crippen molar-refractivity contribution in [2.75, 3.05) is 12.1 Å². The lowest BCUT2D eigenvalue weighted by Gasteiger charge is -2.06. The third kappa shape index (κ3) is 2.40. The molecule has 1 aromatic heterocycles. The Bertz CT molecular complexity index is 976. The molecule has 0 fully saturated rings. The highest BCUT2D eigenvalue weighted by Gasteiger charge is 2.16. The van der Waals surface area contributed by atoms with E-state index < -0.39 is 5.91 Å². The molecule has 1 amide bonds. The van der Waals surface area contributed by atoms with Crippen molar-refractivity contribution in [1.82, 2.24) is 0 Å². The Morgan fingerprint density at radius 2 is 1.83 bits per heavy atom. The highest BCUT2D eigenvalue weighted by molar-refractivity contribution is 6.03. The van der Waals surface area contributed by atoms with Crippen LogP contribution in [0.15, 0.2) is 57.7 Å². The van der Waals surface area contributed by atoms with Crippen LogP contribution in [0.3, 0.4) is 0 Å². The second kappa shape index (κ2) is 5.17. The average molecular weight is 309 g/mol. The lowest BCUT2D eigenvalue weighted by molar-refractivity contribution is 0.0997. The maximum atomic E-state index is 12.3. The van der Waals surface area contributed by atoms with Gasteiger partial charge in [-0.05, 0) is 24.3 Å². The molecule has 6 nitrogen and oxygen atoms in total. The van der Waals surface area contributed by atoms with Crippen LogP contribution in [0, 0.1) is 0 Å². The molecule has 6 heteroatoms. The van der Waals surface area contributed by atoms with Crippen molar-refractivity contribution < 1.29 is 18.7 Å². The molecule has 114 valence electrons. The van der Waals surface area contributed by atoms with Gasteiger partial charge in [-0.1, -0.05) is 12.1 Å². The zero-order valence-electron chi connectivity index (χ0n) is 11.9. The molecule has 2 heterocycles. The topological polar surface area (TPSA) is 77.8 Å². The van der Waals surface area contributed by atoms with Gasteiger partial charge in [0.25, 0.3) is 5.91 Å². The van der Waals surface area contributed by atoms with Gasteiger partial charge in [-0.25, -0.2) is 0 Å². The molecule has 0 atom stereocenters. The first-order valence-electron chi connectivity index (χ1n) is 6.94. The van der Waals surface area contributed by atoms with Gasteiger partial charge in [-0.3, -0.25) is 9.59 Å². The minimum Gasteiger partial charge on any atom is -0.454 e. The molecule has 3 aromatic rings. The summed E-state index contributed by atoms with van der Waals surface area (Å²) < 4.78 is 16.0. The summed E-state index contributed by atoms with van der Waals surface area (Å²) in [6.45, 7) is 0.159. The SMILES string of the molecule is O=C(Nc1ccc2c(c1)OCO2)c1cc(=O)c2ccccc2o1. The molecule has 0 saturated heterocycles. The molecule has 1 N–H and O–H groups in total. The summed E-state index contributed by atoms with van der Waals surface area (Å²) in [6, 6.07) is 13.0. The Morgan fingerprint density at radius 1 is 1.00 bits per heavy atom. The van der Waals surface area contributed by atoms with Crippen LogP contribution < -0.4 is 20.2 Å². The maximum Gasteiger partial charge on any atom is 0.291 e. The molecule has 0 radical (unpaired) electrons. The van der Waals surface area contributed by atoms with Gasteiger partial charge >= 0.3 is 0 Å². The first-order chi connectivity index (χ1) is 11.2. The van der Waals surface area contributed by atoms with Crippen molar-refractivity contribution in [3.63, 3.8) is 0 Å². The molecule has 23 heavy (non-hydrogen) atoms. The summed E-state index contributed by atoms with van der Waals surface area (Å²) in [5.41, 5.74) is 0.633. The zero-order chi connectivity index (χ0) is 15.8. The van der Waals surface area contributed by atoms with E-state index >= 15 is 0 Å². The number of carbonyl (C=O) groups excluding carboxylic acids is 1. The van der Waals surface area contributed by atoms with Crippen LogP contribution in [0.2, 0.25) is 0 Å². The van der Waals surface area contributed by atoms with Crippen molar-refractivity contribution in [2.24, 2.45) is 0 Å². The van der Waals surface area contributed by atoms with Gasteiger partial charge in [-0.15, -0.1) is 0 Å². The second-order valence-corrected chi connectivity index (χ2v) is 4.99. The van der Waals surface area contributed by atoms with Gasteiger partial charge < -0.3 is 19.2 Å². The fraction of sp³-hybridized carbons (Fsp3) is 0.0588. The number of anilines is 1. The number of nitrogens with one attached hydrogen (secondary N) is 1. The van der Waals surface area contributed by atoms with Gasteiger partial charge in [0.2, 0.25) is 6.79 Å². The fourth-order valence-corrected chi connectivity index (χ4v) is 2.38. The summed E-state index contributed by atoms with van der Waals surface area (Å²) in [6.07, 6.45) is 0. The predicted octanol–water partition coefficient (Wildman–Crippen LogP) is 2.77. The van der Waals surface area contributed by atoms with E-state index in [1.54, 1.807) is 42.5 Å². The first-order valence-corrected chi connectivity index (χ1v) is 6.94. The van der Waals surface area contributed by atoms with Crippen LogP contribution >= 0.6 is 0 Å². The number of hydrogen-bond donors (Lipinski definition) is 1. The van der Waals surface area contributed by atoms with Gasteiger partial charge in [0, 0.05) is 17.8 Å². The van der Waals surface area contributed by atoms with E-state index in [9.17, 15) is 9.59 Å².